The van der Waals surface area contributed by atoms with Crippen LogP contribution in [-0.4, -0.2) is 40.1 Å². The normalized spacial score (nSPS) is 9.90. The van der Waals surface area contributed by atoms with E-state index in [4.69, 9.17) is 9.84 Å². The largest absolute Gasteiger partial charge is 0.481 e. The van der Waals surface area contributed by atoms with Crippen molar-refractivity contribution in [2.45, 2.75) is 19.3 Å². The predicted molar refractivity (Wildman–Crippen MR) is 71.8 cm³/mol. The molecule has 9 heteroatoms. The molecule has 114 valence electrons. The molecule has 0 saturated carbocycles. The predicted octanol–water partition coefficient (Wildman–Crippen LogP) is 1.20. The van der Waals surface area contributed by atoms with Crippen LogP contribution in [0.4, 0.5) is 11.5 Å². The zero-order chi connectivity index (χ0) is 15.7. The molecule has 21 heavy (non-hydrogen) atoms. The second-order valence-electron chi connectivity index (χ2n) is 4.05. The number of hydrogen-bond acceptors (Lipinski definition) is 7. The van der Waals surface area contributed by atoms with Gasteiger partial charge in [-0.3, -0.25) is 19.7 Å². The SMILES string of the molecule is O=C(O)CCC(=O)OCCCNc1ccc([N+](=O)[O-])cn1. The van der Waals surface area contributed by atoms with Gasteiger partial charge in [0.1, 0.15) is 12.0 Å². The molecule has 0 aliphatic rings. The Morgan fingerprint density at radius 2 is 2.14 bits per heavy atom. The molecule has 0 aromatic carbocycles. The molecule has 1 heterocycles. The van der Waals surface area contributed by atoms with Gasteiger partial charge in [0, 0.05) is 12.6 Å². The molecule has 0 aliphatic carbocycles. The summed E-state index contributed by atoms with van der Waals surface area (Å²) in [6.07, 6.45) is 1.27. The van der Waals surface area contributed by atoms with Crippen molar-refractivity contribution in [3.8, 4) is 0 Å². The monoisotopic (exact) mass is 297 g/mol. The van der Waals surface area contributed by atoms with E-state index in [-0.39, 0.29) is 25.1 Å². The van der Waals surface area contributed by atoms with Gasteiger partial charge in [0.25, 0.3) is 5.69 Å². The van der Waals surface area contributed by atoms with Crippen molar-refractivity contribution in [2.75, 3.05) is 18.5 Å². The van der Waals surface area contributed by atoms with E-state index in [2.05, 4.69) is 10.3 Å². The number of carbonyl (C=O) groups excluding carboxylic acids is 1. The summed E-state index contributed by atoms with van der Waals surface area (Å²) in [6, 6.07) is 2.82. The number of nitrogens with one attached hydrogen (secondary N) is 1. The number of carboxylic acid groups (broad SMARTS) is 1. The van der Waals surface area contributed by atoms with Gasteiger partial charge in [0.15, 0.2) is 0 Å². The molecule has 0 aliphatic heterocycles. The number of nitrogens with zero attached hydrogens (tertiary/aromatic N) is 2. The highest BCUT2D eigenvalue weighted by Gasteiger charge is 2.06. The van der Waals surface area contributed by atoms with E-state index in [0.29, 0.717) is 18.8 Å². The topological polar surface area (TPSA) is 132 Å². The molecular weight excluding hydrogens is 282 g/mol. The van der Waals surface area contributed by atoms with Crippen molar-refractivity contribution < 1.29 is 24.4 Å². The minimum Gasteiger partial charge on any atom is -0.481 e. The number of ether oxygens (including phenoxy) is 1. The average molecular weight is 297 g/mol. The molecular formula is C12H15N3O6. The zero-order valence-electron chi connectivity index (χ0n) is 11.2. The number of pyridine rings is 1. The Hall–Kier alpha value is -2.71. The number of esters is 1. The highest BCUT2D eigenvalue weighted by Crippen LogP contribution is 2.11. The molecule has 0 amide bonds. The zero-order valence-corrected chi connectivity index (χ0v) is 11.2. The van der Waals surface area contributed by atoms with Crippen LogP contribution in [0.1, 0.15) is 19.3 Å². The lowest BCUT2D eigenvalue weighted by Gasteiger charge is -2.06. The number of rotatable bonds is 9. The van der Waals surface area contributed by atoms with Gasteiger partial charge in [-0.25, -0.2) is 4.98 Å². The van der Waals surface area contributed by atoms with Crippen LogP contribution in [-0.2, 0) is 14.3 Å². The average Bonchev–Trinajstić information content (AvgIpc) is 2.45. The van der Waals surface area contributed by atoms with Gasteiger partial charge in [0.2, 0.25) is 0 Å². The standard InChI is InChI=1S/C12H15N3O6/c16-11(17)4-5-12(18)21-7-1-6-13-10-3-2-9(8-14-10)15(19)20/h2-3,8H,1,4-7H2,(H,13,14)(H,16,17). The molecule has 1 aromatic heterocycles. The number of aliphatic carboxylic acids is 1. The van der Waals surface area contributed by atoms with E-state index in [1.54, 1.807) is 0 Å². The number of anilines is 1. The lowest BCUT2D eigenvalue weighted by atomic mass is 10.3. The van der Waals surface area contributed by atoms with E-state index in [0.717, 1.165) is 6.20 Å². The first-order valence-electron chi connectivity index (χ1n) is 6.21. The first-order chi connectivity index (χ1) is 9.99. The van der Waals surface area contributed by atoms with Crippen LogP contribution in [0, 0.1) is 10.1 Å². The maximum absolute atomic E-state index is 11.1. The summed E-state index contributed by atoms with van der Waals surface area (Å²) in [5.74, 6) is -1.11. The summed E-state index contributed by atoms with van der Waals surface area (Å²) < 4.78 is 4.83. The number of carbonyl (C=O) groups is 2. The number of hydrogen-bond donors (Lipinski definition) is 2. The van der Waals surface area contributed by atoms with Crippen LogP contribution in [0.25, 0.3) is 0 Å². The molecule has 2 N–H and O–H groups in total. The number of aromatic nitrogens is 1. The van der Waals surface area contributed by atoms with Gasteiger partial charge in [-0.2, -0.15) is 0 Å². The third kappa shape index (κ3) is 6.85. The highest BCUT2D eigenvalue weighted by atomic mass is 16.6. The van der Waals surface area contributed by atoms with Crippen molar-refractivity contribution in [3.63, 3.8) is 0 Å². The van der Waals surface area contributed by atoms with Gasteiger partial charge < -0.3 is 15.2 Å². The molecule has 0 bridgehead atoms. The van der Waals surface area contributed by atoms with Crippen molar-refractivity contribution in [3.05, 3.63) is 28.4 Å². The van der Waals surface area contributed by atoms with Crippen LogP contribution >= 0.6 is 0 Å². The third-order valence-electron chi connectivity index (χ3n) is 2.39. The molecule has 0 saturated heterocycles. The van der Waals surface area contributed by atoms with Gasteiger partial charge >= 0.3 is 11.9 Å². The summed E-state index contributed by atoms with van der Waals surface area (Å²) in [7, 11) is 0. The summed E-state index contributed by atoms with van der Waals surface area (Å²) in [5, 5.41) is 21.7. The van der Waals surface area contributed by atoms with Crippen molar-refractivity contribution >= 4 is 23.4 Å². The molecule has 9 nitrogen and oxygen atoms in total. The Bertz CT molecular complexity index is 502. The maximum Gasteiger partial charge on any atom is 0.306 e. The first kappa shape index (κ1) is 16.3. The molecule has 0 unspecified atom stereocenters. The third-order valence-corrected chi connectivity index (χ3v) is 2.39. The summed E-state index contributed by atoms with van der Waals surface area (Å²) in [4.78, 5) is 35.1. The second-order valence-corrected chi connectivity index (χ2v) is 4.05. The van der Waals surface area contributed by atoms with E-state index in [1.807, 2.05) is 0 Å². The lowest BCUT2D eigenvalue weighted by molar-refractivity contribution is -0.385. The van der Waals surface area contributed by atoms with Gasteiger partial charge in [0.05, 0.1) is 24.4 Å². The van der Waals surface area contributed by atoms with Crippen molar-refractivity contribution in [1.29, 1.82) is 0 Å². The van der Waals surface area contributed by atoms with Crippen LogP contribution in [0.5, 0.6) is 0 Å². The maximum atomic E-state index is 11.1. The van der Waals surface area contributed by atoms with E-state index < -0.39 is 16.9 Å². The summed E-state index contributed by atoms with van der Waals surface area (Å²) in [6.45, 7) is 0.634. The van der Waals surface area contributed by atoms with Crippen LogP contribution in [0.2, 0.25) is 0 Å². The number of nitro groups is 1. The Kier molecular flexibility index (Phi) is 6.58. The fraction of sp³-hybridized carbons (Fsp3) is 0.417. The van der Waals surface area contributed by atoms with E-state index in [9.17, 15) is 19.7 Å². The molecule has 1 rings (SSSR count). The fourth-order valence-corrected chi connectivity index (χ4v) is 1.35. The molecule has 0 fully saturated rings. The Morgan fingerprint density at radius 3 is 2.71 bits per heavy atom. The minimum atomic E-state index is -1.04. The first-order valence-corrected chi connectivity index (χ1v) is 6.21. The Labute approximate surface area is 120 Å². The summed E-state index contributed by atoms with van der Waals surface area (Å²) >= 11 is 0. The second kappa shape index (κ2) is 8.46. The van der Waals surface area contributed by atoms with E-state index >= 15 is 0 Å². The number of carboxylic acids is 1. The fourth-order valence-electron chi connectivity index (χ4n) is 1.35. The van der Waals surface area contributed by atoms with Crippen LogP contribution in [0.3, 0.4) is 0 Å². The molecule has 0 radical (unpaired) electrons. The molecule has 0 spiro atoms. The van der Waals surface area contributed by atoms with Gasteiger partial charge in [-0.15, -0.1) is 0 Å². The Balaban J connectivity index is 2.15. The van der Waals surface area contributed by atoms with Gasteiger partial charge in [-0.1, -0.05) is 0 Å². The van der Waals surface area contributed by atoms with E-state index in [1.165, 1.54) is 12.1 Å². The quantitative estimate of drug-likeness (QED) is 0.301. The Morgan fingerprint density at radius 1 is 1.38 bits per heavy atom. The highest BCUT2D eigenvalue weighted by molar-refractivity contribution is 5.76. The minimum absolute atomic E-state index is 0.0899. The lowest BCUT2D eigenvalue weighted by Crippen LogP contribution is -2.11. The van der Waals surface area contributed by atoms with Crippen molar-refractivity contribution in [2.24, 2.45) is 0 Å². The molecule has 0 atom stereocenters. The smallest absolute Gasteiger partial charge is 0.306 e. The van der Waals surface area contributed by atoms with Crippen LogP contribution < -0.4 is 5.32 Å². The summed E-state index contributed by atoms with van der Waals surface area (Å²) in [5.41, 5.74) is -0.0899. The van der Waals surface area contributed by atoms with Crippen molar-refractivity contribution in [1.82, 2.24) is 4.98 Å². The van der Waals surface area contributed by atoms with Gasteiger partial charge in [-0.05, 0) is 12.5 Å². The molecule has 1 aromatic rings. The van der Waals surface area contributed by atoms with Crippen LogP contribution in [0.15, 0.2) is 18.3 Å².